The Kier molecular flexibility index (Phi) is 2.38. The molecule has 0 unspecified atom stereocenters. The van der Waals surface area contributed by atoms with E-state index in [-0.39, 0.29) is 6.10 Å². The molecule has 0 bridgehead atoms. The zero-order valence-corrected chi connectivity index (χ0v) is 8.84. The second kappa shape index (κ2) is 3.52. The molecule has 0 saturated carbocycles. The van der Waals surface area contributed by atoms with Gasteiger partial charge in [0.1, 0.15) is 6.10 Å². The van der Waals surface area contributed by atoms with Gasteiger partial charge in [-0.2, -0.15) is 0 Å². The molecule has 0 amide bonds. The smallest absolute Gasteiger partial charge is 0.132 e. The first-order valence-electron chi connectivity index (χ1n) is 4.12. The predicted octanol–water partition coefficient (Wildman–Crippen LogP) is 2.93. The van der Waals surface area contributed by atoms with Crippen LogP contribution in [0.4, 0.5) is 0 Å². The van der Waals surface area contributed by atoms with Gasteiger partial charge in [-0.15, -0.1) is 0 Å². The molecule has 0 aliphatic carbocycles. The van der Waals surface area contributed by atoms with Crippen molar-refractivity contribution in [3.8, 4) is 0 Å². The Balaban J connectivity index is 2.31. The van der Waals surface area contributed by atoms with Crippen LogP contribution in [-0.4, -0.2) is 0 Å². The molecule has 0 fully saturated rings. The molecule has 1 aliphatic rings. The lowest BCUT2D eigenvalue weighted by molar-refractivity contribution is 0.0418. The van der Waals surface area contributed by atoms with Crippen LogP contribution < -0.4 is 5.48 Å². The van der Waals surface area contributed by atoms with E-state index >= 15 is 0 Å². The van der Waals surface area contributed by atoms with Crippen LogP contribution in [-0.2, 0) is 4.84 Å². The first-order valence-corrected chi connectivity index (χ1v) is 4.91. The summed E-state index contributed by atoms with van der Waals surface area (Å²) in [5.74, 6) is 0. The van der Waals surface area contributed by atoms with Crippen molar-refractivity contribution in [2.75, 3.05) is 0 Å². The number of hydroxylamine groups is 1. The summed E-state index contributed by atoms with van der Waals surface area (Å²) < 4.78 is 1.08. The van der Waals surface area contributed by atoms with Crippen LogP contribution in [0.2, 0.25) is 0 Å². The SMILES string of the molecule is CC1=C[C@H](c2ccccc2Br)ON1. The maximum atomic E-state index is 5.36. The highest BCUT2D eigenvalue weighted by atomic mass is 79.9. The Morgan fingerprint density at radius 3 is 2.77 bits per heavy atom. The molecular formula is C10H10BrNO. The summed E-state index contributed by atoms with van der Waals surface area (Å²) in [5, 5.41) is 0. The van der Waals surface area contributed by atoms with E-state index in [2.05, 4.69) is 27.5 Å². The molecular weight excluding hydrogens is 230 g/mol. The van der Waals surface area contributed by atoms with Gasteiger partial charge in [0.2, 0.25) is 0 Å². The Hall–Kier alpha value is -0.800. The van der Waals surface area contributed by atoms with Crippen LogP contribution in [0, 0.1) is 0 Å². The summed E-state index contributed by atoms with van der Waals surface area (Å²) in [6.07, 6.45) is 2.08. The Morgan fingerprint density at radius 1 is 1.38 bits per heavy atom. The predicted molar refractivity (Wildman–Crippen MR) is 54.9 cm³/mol. The summed E-state index contributed by atoms with van der Waals surface area (Å²) in [6.45, 7) is 1.98. The second-order valence-electron chi connectivity index (χ2n) is 3.01. The van der Waals surface area contributed by atoms with E-state index in [1.165, 1.54) is 0 Å². The lowest BCUT2D eigenvalue weighted by Crippen LogP contribution is -2.06. The minimum absolute atomic E-state index is 0.0237. The zero-order chi connectivity index (χ0) is 9.26. The lowest BCUT2D eigenvalue weighted by Gasteiger charge is -2.09. The molecule has 68 valence electrons. The van der Waals surface area contributed by atoms with Gasteiger partial charge in [0.15, 0.2) is 0 Å². The number of benzene rings is 1. The number of halogens is 1. The van der Waals surface area contributed by atoms with E-state index < -0.39 is 0 Å². The van der Waals surface area contributed by atoms with E-state index in [4.69, 9.17) is 4.84 Å². The molecule has 1 N–H and O–H groups in total. The summed E-state index contributed by atoms with van der Waals surface area (Å²) in [4.78, 5) is 5.36. The minimum atomic E-state index is 0.0237. The van der Waals surface area contributed by atoms with Crippen molar-refractivity contribution in [2.45, 2.75) is 13.0 Å². The van der Waals surface area contributed by atoms with Gasteiger partial charge in [0.25, 0.3) is 0 Å². The highest BCUT2D eigenvalue weighted by molar-refractivity contribution is 9.10. The van der Waals surface area contributed by atoms with Crippen LogP contribution in [0.5, 0.6) is 0 Å². The Morgan fingerprint density at radius 2 is 2.15 bits per heavy atom. The molecule has 0 radical (unpaired) electrons. The van der Waals surface area contributed by atoms with E-state index in [1.54, 1.807) is 0 Å². The Labute approximate surface area is 85.7 Å². The van der Waals surface area contributed by atoms with Gasteiger partial charge < -0.3 is 0 Å². The first-order chi connectivity index (χ1) is 6.27. The van der Waals surface area contributed by atoms with Crippen molar-refractivity contribution < 1.29 is 4.84 Å². The number of hydrogen-bond acceptors (Lipinski definition) is 2. The van der Waals surface area contributed by atoms with Gasteiger partial charge in [-0.05, 0) is 19.1 Å². The minimum Gasteiger partial charge on any atom is -0.271 e. The van der Waals surface area contributed by atoms with Crippen molar-refractivity contribution >= 4 is 15.9 Å². The van der Waals surface area contributed by atoms with Crippen molar-refractivity contribution in [1.29, 1.82) is 0 Å². The number of hydrogen-bond donors (Lipinski definition) is 1. The molecule has 13 heavy (non-hydrogen) atoms. The van der Waals surface area contributed by atoms with Gasteiger partial charge in [-0.1, -0.05) is 34.1 Å². The maximum absolute atomic E-state index is 5.36. The molecule has 0 spiro atoms. The van der Waals surface area contributed by atoms with Crippen molar-refractivity contribution in [3.05, 3.63) is 46.1 Å². The van der Waals surface area contributed by atoms with Gasteiger partial charge >= 0.3 is 0 Å². The topological polar surface area (TPSA) is 21.3 Å². The molecule has 1 aliphatic heterocycles. The number of rotatable bonds is 1. The van der Waals surface area contributed by atoms with Gasteiger partial charge in [0.05, 0.1) is 0 Å². The standard InChI is InChI=1S/C10H10BrNO/c1-7-6-10(13-12-7)8-4-2-3-5-9(8)11/h2-6,10,12H,1H3/t10-/m1/s1. The maximum Gasteiger partial charge on any atom is 0.132 e. The molecule has 2 nitrogen and oxygen atoms in total. The van der Waals surface area contributed by atoms with Crippen molar-refractivity contribution in [3.63, 3.8) is 0 Å². The quantitative estimate of drug-likeness (QED) is 0.814. The molecule has 1 heterocycles. The van der Waals surface area contributed by atoms with Crippen molar-refractivity contribution in [1.82, 2.24) is 5.48 Å². The second-order valence-corrected chi connectivity index (χ2v) is 3.87. The highest BCUT2D eigenvalue weighted by Gasteiger charge is 2.17. The molecule has 2 rings (SSSR count). The third-order valence-electron chi connectivity index (χ3n) is 1.96. The molecule has 0 saturated heterocycles. The first kappa shape index (κ1) is 8.78. The Bertz CT molecular complexity index is 349. The molecule has 1 aromatic rings. The average Bonchev–Trinajstić information content (AvgIpc) is 2.53. The number of allylic oxidation sites excluding steroid dienone is 1. The zero-order valence-electron chi connectivity index (χ0n) is 7.25. The van der Waals surface area contributed by atoms with E-state index in [9.17, 15) is 0 Å². The average molecular weight is 240 g/mol. The van der Waals surface area contributed by atoms with Crippen LogP contribution in [0.25, 0.3) is 0 Å². The van der Waals surface area contributed by atoms with Crippen LogP contribution in [0.3, 0.4) is 0 Å². The van der Waals surface area contributed by atoms with Gasteiger partial charge in [-0.3, -0.25) is 10.3 Å². The van der Waals surface area contributed by atoms with Crippen LogP contribution in [0.15, 0.2) is 40.5 Å². The lowest BCUT2D eigenvalue weighted by atomic mass is 10.1. The van der Waals surface area contributed by atoms with Gasteiger partial charge in [-0.25, -0.2) is 0 Å². The largest absolute Gasteiger partial charge is 0.271 e. The van der Waals surface area contributed by atoms with Gasteiger partial charge in [0, 0.05) is 15.7 Å². The summed E-state index contributed by atoms with van der Waals surface area (Å²) in [6, 6.07) is 8.06. The van der Waals surface area contributed by atoms with Crippen molar-refractivity contribution in [2.24, 2.45) is 0 Å². The molecule has 3 heteroatoms. The normalized spacial score (nSPS) is 21.1. The molecule has 1 aromatic carbocycles. The molecule has 1 atom stereocenters. The fraction of sp³-hybridized carbons (Fsp3) is 0.200. The van der Waals surface area contributed by atoms with Crippen LogP contribution >= 0.6 is 15.9 Å². The highest BCUT2D eigenvalue weighted by Crippen LogP contribution is 2.29. The summed E-state index contributed by atoms with van der Waals surface area (Å²) in [5.41, 5.74) is 5.04. The molecule has 0 aromatic heterocycles. The summed E-state index contributed by atoms with van der Waals surface area (Å²) in [7, 11) is 0. The van der Waals surface area contributed by atoms with E-state index in [0.29, 0.717) is 0 Å². The van der Waals surface area contributed by atoms with E-state index in [1.807, 2.05) is 31.2 Å². The summed E-state index contributed by atoms with van der Waals surface area (Å²) >= 11 is 3.49. The fourth-order valence-corrected chi connectivity index (χ4v) is 1.82. The number of nitrogens with one attached hydrogen (secondary N) is 1. The fourth-order valence-electron chi connectivity index (χ4n) is 1.31. The monoisotopic (exact) mass is 239 g/mol. The third kappa shape index (κ3) is 1.76. The third-order valence-corrected chi connectivity index (χ3v) is 2.68. The van der Waals surface area contributed by atoms with Crippen LogP contribution in [0.1, 0.15) is 18.6 Å². The van der Waals surface area contributed by atoms with E-state index in [0.717, 1.165) is 15.7 Å².